The number of hydrazone groups is 1. The Bertz CT molecular complexity index is 993. The van der Waals surface area contributed by atoms with Gasteiger partial charge in [-0.25, -0.2) is 10.4 Å². The number of thiazole rings is 1. The van der Waals surface area contributed by atoms with Gasteiger partial charge in [0.15, 0.2) is 5.13 Å². The SMILES string of the molecule is Cc1ccc(C(=O)N/N=C\c2sc(N3CCOCC3)nc2-c2ccccc2)cc1. The molecule has 4 rings (SSSR count). The van der Waals surface area contributed by atoms with Crippen molar-refractivity contribution in [1.82, 2.24) is 10.4 Å². The van der Waals surface area contributed by atoms with Crippen molar-refractivity contribution in [2.24, 2.45) is 5.10 Å². The fourth-order valence-electron chi connectivity index (χ4n) is 3.02. The average Bonchev–Trinajstić information content (AvgIpc) is 3.19. The second-order valence-electron chi connectivity index (χ2n) is 6.74. The van der Waals surface area contributed by atoms with Gasteiger partial charge in [-0.15, -0.1) is 0 Å². The van der Waals surface area contributed by atoms with Gasteiger partial charge in [0.25, 0.3) is 5.91 Å². The minimum atomic E-state index is -0.236. The molecular weight excluding hydrogens is 384 g/mol. The molecule has 0 radical (unpaired) electrons. The summed E-state index contributed by atoms with van der Waals surface area (Å²) in [6, 6.07) is 17.4. The van der Waals surface area contributed by atoms with E-state index in [1.165, 1.54) is 0 Å². The highest BCUT2D eigenvalue weighted by molar-refractivity contribution is 7.17. The van der Waals surface area contributed by atoms with Gasteiger partial charge < -0.3 is 9.64 Å². The number of benzene rings is 2. The van der Waals surface area contributed by atoms with Crippen LogP contribution in [0, 0.1) is 6.92 Å². The molecule has 0 saturated carbocycles. The lowest BCUT2D eigenvalue weighted by Gasteiger charge is -2.26. The molecule has 1 amide bonds. The van der Waals surface area contributed by atoms with E-state index in [0.717, 1.165) is 39.9 Å². The third-order valence-corrected chi connectivity index (χ3v) is 5.68. The molecule has 1 aliphatic heterocycles. The van der Waals surface area contributed by atoms with E-state index in [9.17, 15) is 4.79 Å². The van der Waals surface area contributed by atoms with Crippen LogP contribution >= 0.6 is 11.3 Å². The molecule has 29 heavy (non-hydrogen) atoms. The minimum absolute atomic E-state index is 0.236. The third kappa shape index (κ3) is 4.70. The molecular formula is C22H22N4O2S. The summed E-state index contributed by atoms with van der Waals surface area (Å²) in [4.78, 5) is 20.3. The summed E-state index contributed by atoms with van der Waals surface area (Å²) in [5, 5.41) is 5.13. The molecule has 148 valence electrons. The minimum Gasteiger partial charge on any atom is -0.378 e. The van der Waals surface area contributed by atoms with Crippen LogP contribution in [-0.2, 0) is 4.74 Å². The summed E-state index contributed by atoms with van der Waals surface area (Å²) < 4.78 is 5.44. The fraction of sp³-hybridized carbons (Fsp3) is 0.227. The van der Waals surface area contributed by atoms with Crippen LogP contribution in [0.2, 0.25) is 0 Å². The first kappa shape index (κ1) is 19.3. The Morgan fingerprint density at radius 1 is 1.14 bits per heavy atom. The van der Waals surface area contributed by atoms with Crippen LogP contribution in [0.4, 0.5) is 5.13 Å². The van der Waals surface area contributed by atoms with Crippen molar-refractivity contribution >= 4 is 28.6 Å². The van der Waals surface area contributed by atoms with Crippen LogP contribution in [0.25, 0.3) is 11.3 Å². The van der Waals surface area contributed by atoms with E-state index in [4.69, 9.17) is 9.72 Å². The van der Waals surface area contributed by atoms with Gasteiger partial charge in [-0.3, -0.25) is 4.79 Å². The van der Waals surface area contributed by atoms with Crippen molar-refractivity contribution < 1.29 is 9.53 Å². The van der Waals surface area contributed by atoms with Gasteiger partial charge >= 0.3 is 0 Å². The van der Waals surface area contributed by atoms with E-state index in [2.05, 4.69) is 15.4 Å². The van der Waals surface area contributed by atoms with Crippen molar-refractivity contribution in [2.75, 3.05) is 31.2 Å². The second-order valence-corrected chi connectivity index (χ2v) is 7.75. The number of aromatic nitrogens is 1. The molecule has 0 bridgehead atoms. The van der Waals surface area contributed by atoms with E-state index in [-0.39, 0.29) is 5.91 Å². The number of carbonyl (C=O) groups is 1. The molecule has 1 aliphatic rings. The maximum Gasteiger partial charge on any atom is 0.271 e. The highest BCUT2D eigenvalue weighted by atomic mass is 32.1. The monoisotopic (exact) mass is 406 g/mol. The summed E-state index contributed by atoms with van der Waals surface area (Å²) in [6.45, 7) is 5.04. The van der Waals surface area contributed by atoms with E-state index in [1.54, 1.807) is 29.7 Å². The fourth-order valence-corrected chi connectivity index (χ4v) is 4.03. The molecule has 0 unspecified atom stereocenters. The lowest BCUT2D eigenvalue weighted by Crippen LogP contribution is -2.36. The first-order valence-electron chi connectivity index (χ1n) is 9.50. The van der Waals surface area contributed by atoms with E-state index < -0.39 is 0 Å². The predicted molar refractivity (Wildman–Crippen MR) is 117 cm³/mol. The third-order valence-electron chi connectivity index (χ3n) is 4.63. The Balaban J connectivity index is 1.56. The van der Waals surface area contributed by atoms with Crippen molar-refractivity contribution in [1.29, 1.82) is 0 Å². The number of rotatable bonds is 5. The van der Waals surface area contributed by atoms with Gasteiger partial charge in [0.1, 0.15) is 0 Å². The Hall–Kier alpha value is -3.03. The van der Waals surface area contributed by atoms with Crippen LogP contribution in [-0.4, -0.2) is 43.4 Å². The average molecular weight is 407 g/mol. The summed E-state index contributed by atoms with van der Waals surface area (Å²) in [7, 11) is 0. The quantitative estimate of drug-likeness (QED) is 0.518. The zero-order valence-electron chi connectivity index (χ0n) is 16.2. The van der Waals surface area contributed by atoms with Crippen LogP contribution in [0.5, 0.6) is 0 Å². The van der Waals surface area contributed by atoms with Crippen LogP contribution in [0.1, 0.15) is 20.8 Å². The molecule has 2 aromatic carbocycles. The van der Waals surface area contributed by atoms with Crippen molar-refractivity contribution in [3.8, 4) is 11.3 Å². The summed E-state index contributed by atoms with van der Waals surface area (Å²) >= 11 is 1.57. The van der Waals surface area contributed by atoms with E-state index in [0.29, 0.717) is 18.8 Å². The number of carbonyl (C=O) groups excluding carboxylic acids is 1. The summed E-state index contributed by atoms with van der Waals surface area (Å²) in [6.07, 6.45) is 1.68. The molecule has 2 heterocycles. The highest BCUT2D eigenvalue weighted by Crippen LogP contribution is 2.32. The highest BCUT2D eigenvalue weighted by Gasteiger charge is 2.18. The number of aryl methyl sites for hydroxylation is 1. The van der Waals surface area contributed by atoms with E-state index >= 15 is 0 Å². The van der Waals surface area contributed by atoms with Gasteiger partial charge in [-0.2, -0.15) is 5.10 Å². The molecule has 0 aliphatic carbocycles. The number of nitrogens with zero attached hydrogens (tertiary/aromatic N) is 3. The lowest BCUT2D eigenvalue weighted by molar-refractivity contribution is 0.0955. The number of amides is 1. The molecule has 6 nitrogen and oxygen atoms in total. The van der Waals surface area contributed by atoms with Crippen LogP contribution in [0.3, 0.4) is 0 Å². The number of nitrogens with one attached hydrogen (secondary N) is 1. The van der Waals surface area contributed by atoms with Gasteiger partial charge in [0.05, 0.1) is 30.0 Å². The smallest absolute Gasteiger partial charge is 0.271 e. The molecule has 7 heteroatoms. The first-order chi connectivity index (χ1) is 14.2. The Labute approximate surface area is 173 Å². The normalized spacial score (nSPS) is 14.3. The number of morpholine rings is 1. The molecule has 1 aromatic heterocycles. The lowest BCUT2D eigenvalue weighted by atomic mass is 10.1. The molecule has 1 fully saturated rings. The Morgan fingerprint density at radius 2 is 1.86 bits per heavy atom. The van der Waals surface area contributed by atoms with E-state index in [1.807, 2.05) is 49.4 Å². The number of ether oxygens (including phenoxy) is 1. The molecule has 1 N–H and O–H groups in total. The van der Waals surface area contributed by atoms with Crippen molar-refractivity contribution in [2.45, 2.75) is 6.92 Å². The van der Waals surface area contributed by atoms with Gasteiger partial charge in [0, 0.05) is 24.2 Å². The predicted octanol–water partition coefficient (Wildman–Crippen LogP) is 3.72. The molecule has 0 atom stereocenters. The second kappa shape index (κ2) is 8.98. The summed E-state index contributed by atoms with van der Waals surface area (Å²) in [5.74, 6) is -0.236. The van der Waals surface area contributed by atoms with Crippen molar-refractivity contribution in [3.63, 3.8) is 0 Å². The van der Waals surface area contributed by atoms with Gasteiger partial charge in [-0.1, -0.05) is 59.4 Å². The van der Waals surface area contributed by atoms with Crippen LogP contribution < -0.4 is 10.3 Å². The topological polar surface area (TPSA) is 66.8 Å². The van der Waals surface area contributed by atoms with Gasteiger partial charge in [0.2, 0.25) is 0 Å². The van der Waals surface area contributed by atoms with Crippen molar-refractivity contribution in [3.05, 3.63) is 70.6 Å². The van der Waals surface area contributed by atoms with Crippen LogP contribution in [0.15, 0.2) is 59.7 Å². The Kier molecular flexibility index (Phi) is 5.97. The number of anilines is 1. The number of hydrogen-bond donors (Lipinski definition) is 1. The number of hydrogen-bond acceptors (Lipinski definition) is 6. The zero-order valence-corrected chi connectivity index (χ0v) is 17.0. The molecule has 0 spiro atoms. The standard InChI is InChI=1S/C22H22N4O2S/c1-16-7-9-18(10-8-16)21(27)25-23-15-19-20(17-5-3-2-4-6-17)24-22(29-19)26-11-13-28-14-12-26/h2-10,15H,11-14H2,1H3,(H,25,27)/b23-15-. The first-order valence-corrected chi connectivity index (χ1v) is 10.3. The maximum atomic E-state index is 12.3. The Morgan fingerprint density at radius 3 is 2.59 bits per heavy atom. The largest absolute Gasteiger partial charge is 0.378 e. The van der Waals surface area contributed by atoms with Gasteiger partial charge in [-0.05, 0) is 19.1 Å². The zero-order chi connectivity index (χ0) is 20.1. The molecule has 3 aromatic rings. The molecule has 1 saturated heterocycles. The maximum absolute atomic E-state index is 12.3. The summed E-state index contributed by atoms with van der Waals surface area (Å²) in [5.41, 5.74) is 6.19.